The Morgan fingerprint density at radius 2 is 1.80 bits per heavy atom. The number of piperidine rings is 1. The Kier molecular flexibility index (Phi) is 5.19. The maximum Gasteiger partial charge on any atom is 0.407 e. The van der Waals surface area contributed by atoms with Gasteiger partial charge in [-0.25, -0.2) is 4.79 Å². The summed E-state index contributed by atoms with van der Waals surface area (Å²) in [6, 6.07) is 0. The summed E-state index contributed by atoms with van der Waals surface area (Å²) in [5.41, 5.74) is 5.24. The molecule has 2 aliphatic heterocycles. The van der Waals surface area contributed by atoms with E-state index in [-0.39, 0.29) is 5.91 Å². The minimum atomic E-state index is -0.824. The fourth-order valence-corrected chi connectivity index (χ4v) is 3.15. The number of rotatable bonds is 4. The van der Waals surface area contributed by atoms with Crippen molar-refractivity contribution in [1.29, 1.82) is 0 Å². The van der Waals surface area contributed by atoms with Crippen LogP contribution in [0.15, 0.2) is 0 Å². The van der Waals surface area contributed by atoms with Crippen LogP contribution in [0.2, 0.25) is 0 Å². The lowest BCUT2D eigenvalue weighted by molar-refractivity contribution is -0.119. The SMILES string of the molecule is NC(=O)CN1CCC[C@@H](CN2CCN(C(=O)O)CC2)C1. The smallest absolute Gasteiger partial charge is 0.407 e. The predicted molar refractivity (Wildman–Crippen MR) is 74.4 cm³/mol. The molecule has 2 fully saturated rings. The first-order valence-corrected chi connectivity index (χ1v) is 7.25. The van der Waals surface area contributed by atoms with Crippen molar-refractivity contribution >= 4 is 12.0 Å². The quantitative estimate of drug-likeness (QED) is 0.725. The molecule has 7 heteroatoms. The molecular weight excluding hydrogens is 260 g/mol. The molecule has 2 saturated heterocycles. The van der Waals surface area contributed by atoms with Gasteiger partial charge >= 0.3 is 6.09 Å². The van der Waals surface area contributed by atoms with Crippen LogP contribution in [0.4, 0.5) is 4.79 Å². The average Bonchev–Trinajstić information content (AvgIpc) is 2.39. The molecule has 0 spiro atoms. The molecule has 0 aromatic rings. The van der Waals surface area contributed by atoms with Crippen molar-refractivity contribution in [3.8, 4) is 0 Å². The second-order valence-electron chi connectivity index (χ2n) is 5.78. The Labute approximate surface area is 119 Å². The largest absolute Gasteiger partial charge is 0.465 e. The maximum absolute atomic E-state index is 11.0. The van der Waals surface area contributed by atoms with Crippen LogP contribution in [0, 0.1) is 5.92 Å². The number of nitrogens with zero attached hydrogens (tertiary/aromatic N) is 3. The van der Waals surface area contributed by atoms with Gasteiger partial charge < -0.3 is 15.7 Å². The Hall–Kier alpha value is -1.34. The first-order valence-electron chi connectivity index (χ1n) is 7.25. The summed E-state index contributed by atoms with van der Waals surface area (Å²) in [5.74, 6) is 0.292. The molecule has 20 heavy (non-hydrogen) atoms. The third kappa shape index (κ3) is 4.35. The van der Waals surface area contributed by atoms with Gasteiger partial charge in [0.15, 0.2) is 0 Å². The fourth-order valence-electron chi connectivity index (χ4n) is 3.15. The van der Waals surface area contributed by atoms with E-state index in [4.69, 9.17) is 10.8 Å². The summed E-state index contributed by atoms with van der Waals surface area (Å²) in [7, 11) is 0. The van der Waals surface area contributed by atoms with Gasteiger partial charge in [0.05, 0.1) is 6.54 Å². The zero-order valence-corrected chi connectivity index (χ0v) is 11.8. The third-order valence-corrected chi connectivity index (χ3v) is 4.14. The van der Waals surface area contributed by atoms with Gasteiger partial charge in [0.2, 0.25) is 5.91 Å². The van der Waals surface area contributed by atoms with Crippen molar-refractivity contribution in [2.45, 2.75) is 12.8 Å². The van der Waals surface area contributed by atoms with Gasteiger partial charge in [0, 0.05) is 39.3 Å². The van der Waals surface area contributed by atoms with Gasteiger partial charge in [-0.3, -0.25) is 14.6 Å². The summed E-state index contributed by atoms with van der Waals surface area (Å²) in [6.07, 6.45) is 1.46. The van der Waals surface area contributed by atoms with Crippen LogP contribution in [0.5, 0.6) is 0 Å². The van der Waals surface area contributed by atoms with Crippen LogP contribution in [0.3, 0.4) is 0 Å². The molecule has 2 amide bonds. The molecule has 0 aliphatic carbocycles. The van der Waals surface area contributed by atoms with Gasteiger partial charge in [-0.05, 0) is 25.3 Å². The minimum absolute atomic E-state index is 0.263. The molecule has 114 valence electrons. The van der Waals surface area contributed by atoms with Crippen molar-refractivity contribution in [2.75, 3.05) is 52.4 Å². The molecule has 0 radical (unpaired) electrons. The Morgan fingerprint density at radius 1 is 1.10 bits per heavy atom. The second kappa shape index (κ2) is 6.90. The summed E-state index contributed by atoms with van der Waals surface area (Å²) in [6.45, 7) is 6.00. The summed E-state index contributed by atoms with van der Waals surface area (Å²) < 4.78 is 0. The lowest BCUT2D eigenvalue weighted by Crippen LogP contribution is -2.51. The standard InChI is InChI=1S/C13H24N4O3/c14-12(18)10-16-3-1-2-11(9-16)8-15-4-6-17(7-5-15)13(19)20/h11H,1-10H2,(H2,14,18)(H,19,20)/t11-/m0/s1. The number of carbonyl (C=O) groups excluding carboxylic acids is 1. The molecule has 2 aliphatic rings. The second-order valence-corrected chi connectivity index (χ2v) is 5.78. The molecule has 1 atom stereocenters. The number of carboxylic acid groups (broad SMARTS) is 1. The maximum atomic E-state index is 11.0. The molecule has 7 nitrogen and oxygen atoms in total. The predicted octanol–water partition coefficient (Wildman–Crippen LogP) is -0.521. The van der Waals surface area contributed by atoms with Crippen LogP contribution in [0.25, 0.3) is 0 Å². The summed E-state index contributed by atoms with van der Waals surface area (Å²) >= 11 is 0. The lowest BCUT2D eigenvalue weighted by atomic mass is 9.97. The van der Waals surface area contributed by atoms with Crippen molar-refractivity contribution in [3.63, 3.8) is 0 Å². The fraction of sp³-hybridized carbons (Fsp3) is 0.846. The molecule has 0 saturated carbocycles. The molecular formula is C13H24N4O3. The Morgan fingerprint density at radius 3 is 2.40 bits per heavy atom. The number of nitrogens with two attached hydrogens (primary N) is 1. The number of hydrogen-bond donors (Lipinski definition) is 2. The van der Waals surface area contributed by atoms with E-state index in [1.165, 1.54) is 11.3 Å². The number of carbonyl (C=O) groups is 2. The van der Waals surface area contributed by atoms with Crippen molar-refractivity contribution in [3.05, 3.63) is 0 Å². The Bertz CT molecular complexity index is 356. The van der Waals surface area contributed by atoms with E-state index in [1.807, 2.05) is 0 Å². The van der Waals surface area contributed by atoms with Gasteiger partial charge in [0.1, 0.15) is 0 Å². The van der Waals surface area contributed by atoms with Crippen LogP contribution >= 0.6 is 0 Å². The van der Waals surface area contributed by atoms with Crippen molar-refractivity contribution in [1.82, 2.24) is 14.7 Å². The van der Waals surface area contributed by atoms with E-state index in [1.54, 1.807) is 0 Å². The normalized spacial score (nSPS) is 25.6. The lowest BCUT2D eigenvalue weighted by Gasteiger charge is -2.38. The highest BCUT2D eigenvalue weighted by Gasteiger charge is 2.25. The van der Waals surface area contributed by atoms with Crippen LogP contribution in [-0.2, 0) is 4.79 Å². The highest BCUT2D eigenvalue weighted by atomic mass is 16.4. The van der Waals surface area contributed by atoms with Crippen LogP contribution in [0.1, 0.15) is 12.8 Å². The molecule has 2 rings (SSSR count). The first-order chi connectivity index (χ1) is 9.54. The molecule has 0 aromatic heterocycles. The third-order valence-electron chi connectivity index (χ3n) is 4.14. The van der Waals surface area contributed by atoms with Crippen molar-refractivity contribution in [2.24, 2.45) is 11.7 Å². The molecule has 0 bridgehead atoms. The molecule has 0 aromatic carbocycles. The van der Waals surface area contributed by atoms with Crippen LogP contribution < -0.4 is 5.73 Å². The van der Waals surface area contributed by atoms with E-state index >= 15 is 0 Å². The topological polar surface area (TPSA) is 90.1 Å². The Balaban J connectivity index is 1.73. The monoisotopic (exact) mass is 284 g/mol. The van der Waals surface area contributed by atoms with Gasteiger partial charge in [0.25, 0.3) is 0 Å². The van der Waals surface area contributed by atoms with E-state index in [2.05, 4.69) is 9.80 Å². The summed E-state index contributed by atoms with van der Waals surface area (Å²) in [4.78, 5) is 27.8. The minimum Gasteiger partial charge on any atom is -0.465 e. The zero-order chi connectivity index (χ0) is 14.5. The molecule has 0 unspecified atom stereocenters. The number of primary amides is 1. The van der Waals surface area contributed by atoms with E-state index in [0.29, 0.717) is 25.6 Å². The van der Waals surface area contributed by atoms with Gasteiger partial charge in [-0.2, -0.15) is 0 Å². The number of piperazine rings is 1. The highest BCUT2D eigenvalue weighted by molar-refractivity contribution is 5.75. The van der Waals surface area contributed by atoms with E-state index in [9.17, 15) is 9.59 Å². The average molecular weight is 284 g/mol. The highest BCUT2D eigenvalue weighted by Crippen LogP contribution is 2.18. The zero-order valence-electron chi connectivity index (χ0n) is 11.8. The molecule has 3 N–H and O–H groups in total. The summed E-state index contributed by atoms with van der Waals surface area (Å²) in [5, 5.41) is 8.92. The number of likely N-dealkylation sites (tertiary alicyclic amines) is 1. The first kappa shape index (κ1) is 15.1. The van der Waals surface area contributed by atoms with Gasteiger partial charge in [-0.1, -0.05) is 0 Å². The molecule has 2 heterocycles. The number of hydrogen-bond acceptors (Lipinski definition) is 4. The number of amides is 2. The van der Waals surface area contributed by atoms with E-state index < -0.39 is 6.09 Å². The van der Waals surface area contributed by atoms with Crippen LogP contribution in [-0.4, -0.2) is 84.2 Å². The van der Waals surface area contributed by atoms with Crippen molar-refractivity contribution < 1.29 is 14.7 Å². The van der Waals surface area contributed by atoms with Gasteiger partial charge in [-0.15, -0.1) is 0 Å². The van der Waals surface area contributed by atoms with E-state index in [0.717, 1.165) is 39.1 Å².